The van der Waals surface area contributed by atoms with Gasteiger partial charge in [-0.05, 0) is 6.92 Å². The fourth-order valence-electron chi connectivity index (χ4n) is 0.758. The summed E-state index contributed by atoms with van der Waals surface area (Å²) in [5.41, 5.74) is 11.0. The predicted octanol–water partition coefficient (Wildman–Crippen LogP) is -0.258. The number of hydrogen-bond acceptors (Lipinski definition) is 0. The van der Waals surface area contributed by atoms with Gasteiger partial charge in [0.2, 0.25) is 0 Å². The summed E-state index contributed by atoms with van der Waals surface area (Å²) in [6.45, 7) is 2.04. The SMILES string of the molecule is Cc1cc([NH3+])ccc1[NH3+]. The van der Waals surface area contributed by atoms with Gasteiger partial charge in [-0.2, -0.15) is 0 Å². The molecule has 0 saturated heterocycles. The lowest BCUT2D eigenvalue weighted by atomic mass is 10.2. The molecule has 0 heterocycles. The summed E-state index contributed by atoms with van der Waals surface area (Å²) < 4.78 is 0. The van der Waals surface area contributed by atoms with E-state index in [2.05, 4.69) is 11.5 Å². The van der Waals surface area contributed by atoms with Crippen molar-refractivity contribution in [2.75, 3.05) is 0 Å². The summed E-state index contributed by atoms with van der Waals surface area (Å²) in [5.74, 6) is 0. The summed E-state index contributed by atoms with van der Waals surface area (Å²) in [5, 5.41) is 0. The van der Waals surface area contributed by atoms with Crippen molar-refractivity contribution in [3.8, 4) is 0 Å². The first-order valence-corrected chi connectivity index (χ1v) is 2.95. The van der Waals surface area contributed by atoms with Gasteiger partial charge < -0.3 is 11.5 Å². The van der Waals surface area contributed by atoms with Crippen molar-refractivity contribution in [2.45, 2.75) is 6.92 Å². The van der Waals surface area contributed by atoms with Crippen molar-refractivity contribution < 1.29 is 11.5 Å². The van der Waals surface area contributed by atoms with E-state index < -0.39 is 0 Å². The molecule has 1 aromatic carbocycles. The molecule has 9 heavy (non-hydrogen) atoms. The summed E-state index contributed by atoms with van der Waals surface area (Å²) in [6, 6.07) is 5.98. The number of quaternary nitrogens is 2. The minimum absolute atomic E-state index is 1.06. The second-order valence-electron chi connectivity index (χ2n) is 2.26. The van der Waals surface area contributed by atoms with Crippen molar-refractivity contribution >= 4 is 11.4 Å². The molecule has 0 aliphatic carbocycles. The highest BCUT2D eigenvalue weighted by atomic mass is 14.6. The van der Waals surface area contributed by atoms with Crippen LogP contribution in [-0.2, 0) is 0 Å². The topological polar surface area (TPSA) is 55.3 Å². The molecule has 0 bridgehead atoms. The highest BCUT2D eigenvalue weighted by molar-refractivity contribution is 5.45. The summed E-state index contributed by atoms with van der Waals surface area (Å²) >= 11 is 0. The van der Waals surface area contributed by atoms with Crippen LogP contribution in [0.5, 0.6) is 0 Å². The molecule has 0 radical (unpaired) electrons. The Labute approximate surface area is 54.5 Å². The second kappa shape index (κ2) is 2.17. The molecule has 0 aliphatic heterocycles. The predicted molar refractivity (Wildman–Crippen MR) is 36.3 cm³/mol. The molecule has 0 atom stereocenters. The lowest BCUT2D eigenvalue weighted by molar-refractivity contribution is -0.261. The van der Waals surface area contributed by atoms with Crippen LogP contribution < -0.4 is 11.5 Å². The normalized spacial score (nSPS) is 9.67. The van der Waals surface area contributed by atoms with Crippen LogP contribution in [0.25, 0.3) is 0 Å². The Morgan fingerprint density at radius 2 is 1.89 bits per heavy atom. The van der Waals surface area contributed by atoms with Crippen LogP contribution in [0, 0.1) is 6.92 Å². The first-order chi connectivity index (χ1) is 4.20. The Hall–Kier alpha value is -0.860. The third-order valence-electron chi connectivity index (χ3n) is 1.41. The lowest BCUT2D eigenvalue weighted by Gasteiger charge is -1.92. The molecule has 0 fully saturated rings. The van der Waals surface area contributed by atoms with Gasteiger partial charge in [0.25, 0.3) is 0 Å². The molecule has 1 rings (SSSR count). The van der Waals surface area contributed by atoms with Crippen LogP contribution in [0.15, 0.2) is 18.2 Å². The van der Waals surface area contributed by atoms with Gasteiger partial charge in [-0.1, -0.05) is 0 Å². The van der Waals surface area contributed by atoms with E-state index in [4.69, 9.17) is 0 Å². The molecule has 2 heteroatoms. The Morgan fingerprint density at radius 3 is 2.33 bits per heavy atom. The van der Waals surface area contributed by atoms with Gasteiger partial charge in [0, 0.05) is 23.8 Å². The standard InChI is InChI=1S/C7H10N2/c1-5-4-6(8)2-3-7(5)9/h2-4H,8-9H2,1H3/p+2. The Kier molecular flexibility index (Phi) is 1.51. The third kappa shape index (κ3) is 1.28. The van der Waals surface area contributed by atoms with Crippen LogP contribution in [0.1, 0.15) is 5.56 Å². The Bertz CT molecular complexity index is 218. The molecule has 6 N–H and O–H groups in total. The number of aryl methyl sites for hydroxylation is 1. The zero-order chi connectivity index (χ0) is 6.85. The van der Waals surface area contributed by atoms with Gasteiger partial charge in [-0.15, -0.1) is 0 Å². The number of rotatable bonds is 0. The van der Waals surface area contributed by atoms with Crippen LogP contribution in [0.3, 0.4) is 0 Å². The highest BCUT2D eigenvalue weighted by Crippen LogP contribution is 2.10. The molecule has 2 nitrogen and oxygen atoms in total. The summed E-state index contributed by atoms with van der Waals surface area (Å²) in [7, 11) is 0. The molecule has 0 aromatic heterocycles. The van der Waals surface area contributed by atoms with E-state index in [-0.39, 0.29) is 0 Å². The maximum absolute atomic E-state index is 3.83. The van der Waals surface area contributed by atoms with Crippen molar-refractivity contribution in [1.29, 1.82) is 0 Å². The zero-order valence-corrected chi connectivity index (χ0v) is 5.65. The Morgan fingerprint density at radius 1 is 1.22 bits per heavy atom. The van der Waals surface area contributed by atoms with Crippen molar-refractivity contribution in [2.24, 2.45) is 0 Å². The fraction of sp³-hybridized carbons (Fsp3) is 0.143. The zero-order valence-electron chi connectivity index (χ0n) is 5.65. The fourth-order valence-corrected chi connectivity index (χ4v) is 0.758. The second-order valence-corrected chi connectivity index (χ2v) is 2.26. The van der Waals surface area contributed by atoms with Gasteiger partial charge in [0.1, 0.15) is 11.4 Å². The van der Waals surface area contributed by atoms with Crippen molar-refractivity contribution in [3.05, 3.63) is 23.8 Å². The van der Waals surface area contributed by atoms with Gasteiger partial charge in [0.05, 0.1) is 0 Å². The van der Waals surface area contributed by atoms with Gasteiger partial charge >= 0.3 is 0 Å². The number of hydrogen-bond donors (Lipinski definition) is 2. The monoisotopic (exact) mass is 124 g/mol. The van der Waals surface area contributed by atoms with E-state index in [1.165, 1.54) is 5.56 Å². The molecule has 0 amide bonds. The largest absolute Gasteiger partial charge is 0.325 e. The summed E-state index contributed by atoms with van der Waals surface area (Å²) in [4.78, 5) is 0. The highest BCUT2D eigenvalue weighted by Gasteiger charge is 1.96. The summed E-state index contributed by atoms with van der Waals surface area (Å²) in [6.07, 6.45) is 0. The molecular weight excluding hydrogens is 112 g/mol. The lowest BCUT2D eigenvalue weighted by Crippen LogP contribution is -2.43. The van der Waals surface area contributed by atoms with Gasteiger partial charge in [-0.25, -0.2) is 0 Å². The van der Waals surface area contributed by atoms with Crippen LogP contribution in [0.2, 0.25) is 0 Å². The molecule has 0 saturated carbocycles. The van der Waals surface area contributed by atoms with Crippen LogP contribution >= 0.6 is 0 Å². The quantitative estimate of drug-likeness (QED) is 0.479. The maximum atomic E-state index is 3.83. The van der Waals surface area contributed by atoms with Crippen molar-refractivity contribution in [3.63, 3.8) is 0 Å². The third-order valence-corrected chi connectivity index (χ3v) is 1.41. The minimum Gasteiger partial charge on any atom is -0.325 e. The molecule has 0 unspecified atom stereocenters. The van der Waals surface area contributed by atoms with Crippen LogP contribution in [0.4, 0.5) is 11.4 Å². The molecular formula is C7H12N2+2. The van der Waals surface area contributed by atoms with Gasteiger partial charge in [-0.3, -0.25) is 0 Å². The minimum atomic E-state index is 1.06. The van der Waals surface area contributed by atoms with E-state index in [0.717, 1.165) is 11.4 Å². The molecule has 0 aliphatic rings. The molecule has 48 valence electrons. The van der Waals surface area contributed by atoms with E-state index >= 15 is 0 Å². The van der Waals surface area contributed by atoms with Crippen molar-refractivity contribution in [1.82, 2.24) is 0 Å². The van der Waals surface area contributed by atoms with E-state index in [1.54, 1.807) is 0 Å². The van der Waals surface area contributed by atoms with E-state index in [9.17, 15) is 0 Å². The molecule has 0 spiro atoms. The van der Waals surface area contributed by atoms with E-state index in [0.29, 0.717) is 0 Å². The van der Waals surface area contributed by atoms with Crippen LogP contribution in [-0.4, -0.2) is 0 Å². The first-order valence-electron chi connectivity index (χ1n) is 2.95. The average Bonchev–Trinajstić information content (AvgIpc) is 1.80. The molecule has 1 aromatic rings. The average molecular weight is 124 g/mol. The smallest absolute Gasteiger partial charge is 0.131 e. The van der Waals surface area contributed by atoms with Gasteiger partial charge in [0.15, 0.2) is 0 Å². The number of benzene rings is 1. The first kappa shape index (κ1) is 6.26. The Balaban J connectivity index is 3.17. The maximum Gasteiger partial charge on any atom is 0.131 e. The van der Waals surface area contributed by atoms with E-state index in [1.807, 2.05) is 25.1 Å².